The van der Waals surface area contributed by atoms with Gasteiger partial charge in [0, 0.05) is 39.0 Å². The van der Waals surface area contributed by atoms with Gasteiger partial charge >= 0.3 is 0 Å². The summed E-state index contributed by atoms with van der Waals surface area (Å²) in [5.41, 5.74) is 12.1. The van der Waals surface area contributed by atoms with Crippen molar-refractivity contribution in [1.82, 2.24) is 0 Å². The summed E-state index contributed by atoms with van der Waals surface area (Å²) < 4.78 is 6.67. The zero-order chi connectivity index (χ0) is 31.9. The summed E-state index contributed by atoms with van der Waals surface area (Å²) in [7, 11) is 0. The summed E-state index contributed by atoms with van der Waals surface area (Å²) in [6, 6.07) is 66.7. The van der Waals surface area contributed by atoms with Crippen molar-refractivity contribution in [3.8, 4) is 33.4 Å². The lowest BCUT2D eigenvalue weighted by Gasteiger charge is -2.25. The third-order valence-corrected chi connectivity index (χ3v) is 9.25. The van der Waals surface area contributed by atoms with Crippen molar-refractivity contribution >= 4 is 49.8 Å². The molecule has 1 aromatic heterocycles. The summed E-state index contributed by atoms with van der Waals surface area (Å²) in [4.78, 5) is 2.30. The van der Waals surface area contributed by atoms with Crippen LogP contribution in [0.25, 0.3) is 66.1 Å². The Hall–Kier alpha value is -6.38. The molecule has 0 spiro atoms. The Morgan fingerprint density at radius 1 is 0.312 bits per heavy atom. The molecule has 9 rings (SSSR count). The molecule has 0 amide bonds. The van der Waals surface area contributed by atoms with Gasteiger partial charge in [-0.15, -0.1) is 0 Å². The molecule has 226 valence electrons. The molecule has 8 aromatic carbocycles. The van der Waals surface area contributed by atoms with Gasteiger partial charge in [-0.3, -0.25) is 0 Å². The van der Waals surface area contributed by atoms with Crippen molar-refractivity contribution in [2.45, 2.75) is 0 Å². The van der Waals surface area contributed by atoms with E-state index < -0.39 is 0 Å². The lowest BCUT2D eigenvalue weighted by Crippen LogP contribution is -2.09. The summed E-state index contributed by atoms with van der Waals surface area (Å²) >= 11 is 0. The number of para-hydroxylation sites is 4. The Bertz CT molecular complexity index is 2490. The van der Waals surface area contributed by atoms with Crippen LogP contribution in [0.5, 0.6) is 0 Å². The zero-order valence-corrected chi connectivity index (χ0v) is 26.3. The Kier molecular flexibility index (Phi) is 6.84. The van der Waals surface area contributed by atoms with Crippen LogP contribution in [0, 0.1) is 0 Å². The lowest BCUT2D eigenvalue weighted by atomic mass is 9.97. The van der Waals surface area contributed by atoms with E-state index in [1.807, 2.05) is 6.07 Å². The van der Waals surface area contributed by atoms with Crippen LogP contribution in [-0.4, -0.2) is 0 Å². The zero-order valence-electron chi connectivity index (χ0n) is 26.3. The van der Waals surface area contributed by atoms with E-state index in [-0.39, 0.29) is 0 Å². The largest absolute Gasteiger partial charge is 0.455 e. The van der Waals surface area contributed by atoms with Gasteiger partial charge in [-0.2, -0.15) is 0 Å². The third-order valence-electron chi connectivity index (χ3n) is 9.25. The molecule has 2 heteroatoms. The Morgan fingerprint density at radius 2 is 0.792 bits per heavy atom. The highest BCUT2D eigenvalue weighted by molar-refractivity contribution is 6.13. The van der Waals surface area contributed by atoms with E-state index in [1.54, 1.807) is 0 Å². The molecule has 0 fully saturated rings. The van der Waals surface area contributed by atoms with Crippen molar-refractivity contribution in [3.63, 3.8) is 0 Å². The van der Waals surface area contributed by atoms with Crippen LogP contribution in [0.1, 0.15) is 0 Å². The van der Waals surface area contributed by atoms with E-state index in [9.17, 15) is 0 Å². The molecule has 1 heterocycles. The number of hydrogen-bond acceptors (Lipinski definition) is 2. The topological polar surface area (TPSA) is 16.4 Å². The maximum Gasteiger partial charge on any atom is 0.143 e. The first-order valence-corrected chi connectivity index (χ1v) is 16.3. The first-order chi connectivity index (χ1) is 23.8. The van der Waals surface area contributed by atoms with Crippen LogP contribution in [-0.2, 0) is 0 Å². The molecule has 9 aromatic rings. The first kappa shape index (κ1) is 27.9. The molecule has 0 aliphatic heterocycles. The third kappa shape index (κ3) is 4.92. The normalized spacial score (nSPS) is 11.3. The molecule has 48 heavy (non-hydrogen) atoms. The van der Waals surface area contributed by atoms with E-state index in [4.69, 9.17) is 4.42 Å². The molecule has 0 unspecified atom stereocenters. The fraction of sp³-hybridized carbons (Fsp3) is 0. The highest BCUT2D eigenvalue weighted by Crippen LogP contribution is 2.41. The second-order valence-corrected chi connectivity index (χ2v) is 12.2. The van der Waals surface area contributed by atoms with Gasteiger partial charge in [-0.05, 0) is 75.5 Å². The molecule has 0 atom stereocenters. The van der Waals surface area contributed by atoms with Crippen molar-refractivity contribution < 1.29 is 4.42 Å². The SMILES string of the molecule is c1ccc(-c2cccc3c2oc2c(-c4ccc(-c5ccc6cc(N(c7ccccc7)c7ccccc7)ccc6c5)cc4)cccc23)cc1. The lowest BCUT2D eigenvalue weighted by molar-refractivity contribution is 0.671. The van der Waals surface area contributed by atoms with E-state index in [1.165, 1.54) is 21.9 Å². The maximum absolute atomic E-state index is 6.67. The molecule has 0 radical (unpaired) electrons. The number of nitrogens with zero attached hydrogens (tertiary/aromatic N) is 1. The predicted octanol–water partition coefficient (Wildman–Crippen LogP) is 13.2. The van der Waals surface area contributed by atoms with E-state index in [0.29, 0.717) is 0 Å². The predicted molar refractivity (Wildman–Crippen MR) is 202 cm³/mol. The number of anilines is 3. The minimum atomic E-state index is 0.921. The summed E-state index contributed by atoms with van der Waals surface area (Å²) in [5.74, 6) is 0. The number of rotatable bonds is 6. The van der Waals surface area contributed by atoms with Crippen molar-refractivity contribution in [2.24, 2.45) is 0 Å². The van der Waals surface area contributed by atoms with Crippen LogP contribution < -0.4 is 4.90 Å². The van der Waals surface area contributed by atoms with Gasteiger partial charge in [0.15, 0.2) is 0 Å². The molecular weight excluding hydrogens is 583 g/mol. The molecular formula is C46H31NO. The summed E-state index contributed by atoms with van der Waals surface area (Å²) in [6.07, 6.45) is 0. The number of benzene rings is 8. The molecule has 0 saturated carbocycles. The van der Waals surface area contributed by atoms with Gasteiger partial charge in [-0.25, -0.2) is 0 Å². The molecule has 0 saturated heterocycles. The van der Waals surface area contributed by atoms with E-state index >= 15 is 0 Å². The van der Waals surface area contributed by atoms with Gasteiger partial charge in [0.25, 0.3) is 0 Å². The average molecular weight is 614 g/mol. The van der Waals surface area contributed by atoms with Crippen LogP contribution in [0.15, 0.2) is 192 Å². The maximum atomic E-state index is 6.67. The monoisotopic (exact) mass is 613 g/mol. The van der Waals surface area contributed by atoms with Crippen LogP contribution in [0.2, 0.25) is 0 Å². The number of furan rings is 1. The van der Waals surface area contributed by atoms with Gasteiger partial charge in [0.05, 0.1) is 0 Å². The standard InChI is InChI=1S/C46H31NO/c1-4-12-33(13-5-1)41-18-10-20-43-44-21-11-19-42(46(44)48-45(41)43)34-24-22-32(23-25-34)35-26-27-37-31-40(29-28-36(37)30-35)47(38-14-6-2-7-15-38)39-16-8-3-9-17-39/h1-31H. The highest BCUT2D eigenvalue weighted by Gasteiger charge is 2.16. The Morgan fingerprint density at radius 3 is 1.40 bits per heavy atom. The Balaban J connectivity index is 1.05. The molecule has 0 N–H and O–H groups in total. The number of hydrogen-bond donors (Lipinski definition) is 0. The van der Waals surface area contributed by atoms with Gasteiger partial charge in [0.2, 0.25) is 0 Å². The average Bonchev–Trinajstić information content (AvgIpc) is 3.55. The summed E-state index contributed by atoms with van der Waals surface area (Å²) in [5, 5.41) is 4.69. The summed E-state index contributed by atoms with van der Waals surface area (Å²) in [6.45, 7) is 0. The van der Waals surface area contributed by atoms with Gasteiger partial charge in [-0.1, -0.05) is 146 Å². The molecule has 2 nitrogen and oxygen atoms in total. The Labute approximate surface area is 279 Å². The van der Waals surface area contributed by atoms with E-state index in [2.05, 4.69) is 187 Å². The van der Waals surface area contributed by atoms with E-state index in [0.717, 1.165) is 61.3 Å². The van der Waals surface area contributed by atoms with Crippen molar-refractivity contribution in [3.05, 3.63) is 188 Å². The van der Waals surface area contributed by atoms with Crippen LogP contribution >= 0.6 is 0 Å². The molecule has 0 bridgehead atoms. The second kappa shape index (κ2) is 11.8. The van der Waals surface area contributed by atoms with Crippen LogP contribution in [0.4, 0.5) is 17.1 Å². The minimum Gasteiger partial charge on any atom is -0.455 e. The number of fused-ring (bicyclic) bond motifs is 4. The van der Waals surface area contributed by atoms with Gasteiger partial charge < -0.3 is 9.32 Å². The van der Waals surface area contributed by atoms with Crippen molar-refractivity contribution in [1.29, 1.82) is 0 Å². The molecule has 0 aliphatic rings. The fourth-order valence-corrected chi connectivity index (χ4v) is 6.89. The smallest absolute Gasteiger partial charge is 0.143 e. The highest BCUT2D eigenvalue weighted by atomic mass is 16.3. The van der Waals surface area contributed by atoms with Gasteiger partial charge in [0.1, 0.15) is 11.2 Å². The minimum absolute atomic E-state index is 0.921. The first-order valence-electron chi connectivity index (χ1n) is 16.3. The second-order valence-electron chi connectivity index (χ2n) is 12.2. The quantitative estimate of drug-likeness (QED) is 0.185. The fourth-order valence-electron chi connectivity index (χ4n) is 6.89. The van der Waals surface area contributed by atoms with Crippen molar-refractivity contribution in [2.75, 3.05) is 4.90 Å². The van der Waals surface area contributed by atoms with Crippen LogP contribution in [0.3, 0.4) is 0 Å². The molecule has 0 aliphatic carbocycles.